The number of halogens is 1. The molecule has 0 amide bonds. The summed E-state index contributed by atoms with van der Waals surface area (Å²) in [7, 11) is 2.14. The van der Waals surface area contributed by atoms with Gasteiger partial charge in [-0.2, -0.15) is 16.1 Å². The Morgan fingerprint density at radius 1 is 1.62 bits per heavy atom. The van der Waals surface area contributed by atoms with Gasteiger partial charge in [-0.25, -0.2) is 4.98 Å². The first-order chi connectivity index (χ1) is 6.27. The SMILES string of the molecule is CN1CCSCC1c1nsc(Br)n1. The molecule has 1 fully saturated rings. The van der Waals surface area contributed by atoms with Crippen molar-refractivity contribution in [1.29, 1.82) is 0 Å². The summed E-state index contributed by atoms with van der Waals surface area (Å²) in [6.07, 6.45) is 0. The number of nitrogens with zero attached hydrogens (tertiary/aromatic N) is 3. The van der Waals surface area contributed by atoms with E-state index in [0.29, 0.717) is 6.04 Å². The van der Waals surface area contributed by atoms with Gasteiger partial charge in [0.2, 0.25) is 0 Å². The van der Waals surface area contributed by atoms with Crippen molar-refractivity contribution in [2.75, 3.05) is 25.1 Å². The van der Waals surface area contributed by atoms with E-state index in [1.165, 1.54) is 17.3 Å². The quantitative estimate of drug-likeness (QED) is 0.787. The lowest BCUT2D eigenvalue weighted by Gasteiger charge is -2.29. The highest BCUT2D eigenvalue weighted by Crippen LogP contribution is 2.27. The molecule has 1 saturated heterocycles. The van der Waals surface area contributed by atoms with Gasteiger partial charge in [-0.1, -0.05) is 0 Å². The van der Waals surface area contributed by atoms with Crippen LogP contribution in [0.15, 0.2) is 3.92 Å². The average molecular weight is 280 g/mol. The minimum atomic E-state index is 0.404. The predicted octanol–water partition coefficient (Wildman–Crippen LogP) is 2.02. The van der Waals surface area contributed by atoms with Crippen LogP contribution in [0, 0.1) is 0 Å². The first-order valence-electron chi connectivity index (χ1n) is 4.04. The monoisotopic (exact) mass is 279 g/mol. The van der Waals surface area contributed by atoms with Crippen LogP contribution in [-0.4, -0.2) is 39.4 Å². The summed E-state index contributed by atoms with van der Waals surface area (Å²) in [6, 6.07) is 0.404. The smallest absolute Gasteiger partial charge is 0.179 e. The maximum Gasteiger partial charge on any atom is 0.179 e. The van der Waals surface area contributed by atoms with Crippen molar-refractivity contribution in [2.24, 2.45) is 0 Å². The highest BCUT2D eigenvalue weighted by Gasteiger charge is 2.24. The highest BCUT2D eigenvalue weighted by molar-refractivity contribution is 9.11. The third-order valence-corrected chi connectivity index (χ3v) is 4.27. The number of hydrogen-bond donors (Lipinski definition) is 0. The molecule has 0 N–H and O–H groups in total. The summed E-state index contributed by atoms with van der Waals surface area (Å²) >= 11 is 6.74. The van der Waals surface area contributed by atoms with E-state index in [4.69, 9.17) is 0 Å². The Morgan fingerprint density at radius 3 is 3.08 bits per heavy atom. The molecule has 3 nitrogen and oxygen atoms in total. The fourth-order valence-corrected chi connectivity index (χ4v) is 3.38. The van der Waals surface area contributed by atoms with E-state index in [9.17, 15) is 0 Å². The maximum absolute atomic E-state index is 4.35. The van der Waals surface area contributed by atoms with Crippen molar-refractivity contribution < 1.29 is 0 Å². The van der Waals surface area contributed by atoms with E-state index in [0.717, 1.165) is 22.0 Å². The van der Waals surface area contributed by atoms with Gasteiger partial charge < -0.3 is 0 Å². The zero-order valence-corrected chi connectivity index (χ0v) is 10.5. The summed E-state index contributed by atoms with van der Waals surface area (Å²) in [6.45, 7) is 1.13. The van der Waals surface area contributed by atoms with E-state index >= 15 is 0 Å². The van der Waals surface area contributed by atoms with E-state index < -0.39 is 0 Å². The zero-order chi connectivity index (χ0) is 9.26. The van der Waals surface area contributed by atoms with Crippen LogP contribution in [0.25, 0.3) is 0 Å². The molecule has 1 unspecified atom stereocenters. The number of hydrogen-bond acceptors (Lipinski definition) is 5. The summed E-state index contributed by atoms with van der Waals surface area (Å²) in [5.41, 5.74) is 0. The van der Waals surface area contributed by atoms with E-state index in [-0.39, 0.29) is 0 Å². The molecular weight excluding hydrogens is 270 g/mol. The molecule has 0 saturated carbocycles. The summed E-state index contributed by atoms with van der Waals surface area (Å²) in [5, 5.41) is 0. The van der Waals surface area contributed by atoms with Gasteiger partial charge in [-0.3, -0.25) is 4.90 Å². The van der Waals surface area contributed by atoms with Gasteiger partial charge >= 0.3 is 0 Å². The second kappa shape index (κ2) is 4.25. The van der Waals surface area contributed by atoms with Crippen LogP contribution in [0.5, 0.6) is 0 Å². The van der Waals surface area contributed by atoms with Gasteiger partial charge in [0.1, 0.15) is 0 Å². The van der Waals surface area contributed by atoms with Crippen LogP contribution < -0.4 is 0 Å². The van der Waals surface area contributed by atoms with Gasteiger partial charge in [-0.05, 0) is 34.5 Å². The Labute approximate surface area is 94.2 Å². The fraction of sp³-hybridized carbons (Fsp3) is 0.714. The largest absolute Gasteiger partial charge is 0.295 e. The molecular formula is C7H10BrN3S2. The van der Waals surface area contributed by atoms with Crippen LogP contribution in [0.4, 0.5) is 0 Å². The molecule has 0 bridgehead atoms. The number of aromatic nitrogens is 2. The first-order valence-corrected chi connectivity index (χ1v) is 6.76. The molecule has 1 aliphatic rings. The molecule has 1 atom stereocenters. The zero-order valence-electron chi connectivity index (χ0n) is 7.23. The Morgan fingerprint density at radius 2 is 2.46 bits per heavy atom. The standard InChI is InChI=1S/C7H10BrN3S2/c1-11-2-3-12-4-5(11)6-9-7(8)13-10-6/h5H,2-4H2,1H3. The van der Waals surface area contributed by atoms with E-state index in [2.05, 4.69) is 37.2 Å². The third kappa shape index (κ3) is 2.23. The molecule has 0 aromatic carbocycles. The van der Waals surface area contributed by atoms with Gasteiger partial charge in [-0.15, -0.1) is 0 Å². The van der Waals surface area contributed by atoms with Crippen molar-refractivity contribution in [1.82, 2.24) is 14.3 Å². The summed E-state index contributed by atoms with van der Waals surface area (Å²) in [5.74, 6) is 3.30. The van der Waals surface area contributed by atoms with Crippen LogP contribution in [-0.2, 0) is 0 Å². The summed E-state index contributed by atoms with van der Waals surface area (Å²) < 4.78 is 5.20. The fourth-order valence-electron chi connectivity index (χ4n) is 1.31. The Balaban J connectivity index is 2.14. The van der Waals surface area contributed by atoms with Gasteiger partial charge in [0.15, 0.2) is 9.74 Å². The van der Waals surface area contributed by atoms with Crippen LogP contribution in [0.1, 0.15) is 11.9 Å². The maximum atomic E-state index is 4.35. The molecule has 2 heterocycles. The third-order valence-electron chi connectivity index (χ3n) is 2.11. The average Bonchev–Trinajstić information content (AvgIpc) is 2.53. The Kier molecular flexibility index (Phi) is 3.23. The van der Waals surface area contributed by atoms with E-state index in [1.54, 1.807) is 0 Å². The van der Waals surface area contributed by atoms with Crippen LogP contribution >= 0.6 is 39.2 Å². The molecule has 72 valence electrons. The molecule has 1 aromatic rings. The molecule has 6 heteroatoms. The van der Waals surface area contributed by atoms with Crippen LogP contribution in [0.3, 0.4) is 0 Å². The lowest BCUT2D eigenvalue weighted by atomic mass is 10.3. The van der Waals surface area contributed by atoms with Gasteiger partial charge in [0.05, 0.1) is 6.04 Å². The van der Waals surface area contributed by atoms with Gasteiger partial charge in [0, 0.05) is 18.1 Å². The first kappa shape index (κ1) is 9.89. The Bertz CT molecular complexity index is 291. The van der Waals surface area contributed by atoms with Crippen LogP contribution in [0.2, 0.25) is 0 Å². The molecule has 1 aliphatic heterocycles. The van der Waals surface area contributed by atoms with Crippen molar-refractivity contribution >= 4 is 39.2 Å². The highest BCUT2D eigenvalue weighted by atomic mass is 79.9. The molecule has 0 aliphatic carbocycles. The molecule has 13 heavy (non-hydrogen) atoms. The van der Waals surface area contributed by atoms with Crippen molar-refractivity contribution in [3.63, 3.8) is 0 Å². The second-order valence-corrected chi connectivity index (χ2v) is 6.15. The molecule has 1 aromatic heterocycles. The summed E-state index contributed by atoms with van der Waals surface area (Å²) in [4.78, 5) is 6.68. The topological polar surface area (TPSA) is 29.0 Å². The molecule has 0 radical (unpaired) electrons. The van der Waals surface area contributed by atoms with Crippen molar-refractivity contribution in [3.05, 3.63) is 9.74 Å². The Hall–Kier alpha value is 0.350. The van der Waals surface area contributed by atoms with Crippen molar-refractivity contribution in [2.45, 2.75) is 6.04 Å². The minimum Gasteiger partial charge on any atom is -0.295 e. The normalized spacial score (nSPS) is 24.9. The minimum absolute atomic E-state index is 0.404. The predicted molar refractivity (Wildman–Crippen MR) is 60.3 cm³/mol. The second-order valence-electron chi connectivity index (χ2n) is 2.98. The van der Waals surface area contributed by atoms with Gasteiger partial charge in [0.25, 0.3) is 0 Å². The lowest BCUT2D eigenvalue weighted by Crippen LogP contribution is -2.33. The lowest BCUT2D eigenvalue weighted by molar-refractivity contribution is 0.266. The molecule has 2 rings (SSSR count). The van der Waals surface area contributed by atoms with E-state index in [1.807, 2.05) is 11.8 Å². The number of rotatable bonds is 1. The molecule has 0 spiro atoms. The van der Waals surface area contributed by atoms with Crippen molar-refractivity contribution in [3.8, 4) is 0 Å². The number of thioether (sulfide) groups is 1.